The zero-order chi connectivity index (χ0) is 22.2. The Bertz CT molecular complexity index is 1210. The minimum Gasteiger partial charge on any atom is -0.481 e. The Hall–Kier alpha value is -2.67. The van der Waals surface area contributed by atoms with Crippen LogP contribution in [0.15, 0.2) is 28.8 Å². The van der Waals surface area contributed by atoms with Gasteiger partial charge in [-0.05, 0) is 85.3 Å². The van der Waals surface area contributed by atoms with Gasteiger partial charge < -0.3 is 14.9 Å². The Kier molecular flexibility index (Phi) is 4.31. The van der Waals surface area contributed by atoms with Gasteiger partial charge in [-0.1, -0.05) is 19.0 Å². The summed E-state index contributed by atoms with van der Waals surface area (Å²) < 4.78 is 5.63. The highest BCUT2D eigenvalue weighted by atomic mass is 32.1. The molecule has 2 fully saturated rings. The van der Waals surface area contributed by atoms with Crippen molar-refractivity contribution in [1.82, 2.24) is 10.1 Å². The minimum absolute atomic E-state index is 0.206. The third-order valence-electron chi connectivity index (χ3n) is 7.93. The molecule has 0 spiro atoms. The molecule has 6 rings (SSSR count). The molecule has 6 nitrogen and oxygen atoms in total. The Balaban J connectivity index is 1.18. The number of nitrogens with one attached hydrogen (secondary N) is 1. The van der Waals surface area contributed by atoms with Gasteiger partial charge in [0.2, 0.25) is 5.82 Å². The third kappa shape index (κ3) is 3.01. The van der Waals surface area contributed by atoms with E-state index < -0.39 is 5.97 Å². The van der Waals surface area contributed by atoms with Crippen molar-refractivity contribution in [2.24, 2.45) is 17.3 Å². The monoisotopic (exact) mass is 449 g/mol. The molecule has 3 aromatic rings. The largest absolute Gasteiger partial charge is 0.481 e. The molecule has 7 heteroatoms. The van der Waals surface area contributed by atoms with Crippen LogP contribution in [0, 0.1) is 24.2 Å². The Labute approximate surface area is 191 Å². The molecular formula is C25H27N3O3S. The molecule has 3 aliphatic carbocycles. The van der Waals surface area contributed by atoms with Crippen LogP contribution in [0.5, 0.6) is 0 Å². The van der Waals surface area contributed by atoms with Gasteiger partial charge in [-0.3, -0.25) is 4.79 Å². The molecule has 32 heavy (non-hydrogen) atoms. The summed E-state index contributed by atoms with van der Waals surface area (Å²) in [7, 11) is 0. The quantitative estimate of drug-likeness (QED) is 0.517. The number of thiophene rings is 1. The van der Waals surface area contributed by atoms with E-state index in [9.17, 15) is 9.90 Å². The first-order valence-corrected chi connectivity index (χ1v) is 12.2. The fraction of sp³-hybridized carbons (Fsp3) is 0.480. The van der Waals surface area contributed by atoms with E-state index in [0.29, 0.717) is 29.5 Å². The molecule has 166 valence electrons. The molecule has 3 aliphatic rings. The minimum atomic E-state index is -0.691. The average molecular weight is 450 g/mol. The number of hydrogen-bond donors (Lipinski definition) is 2. The number of benzene rings is 1. The van der Waals surface area contributed by atoms with E-state index in [0.717, 1.165) is 36.4 Å². The molecule has 2 aromatic heterocycles. The van der Waals surface area contributed by atoms with Crippen LogP contribution >= 0.6 is 11.3 Å². The van der Waals surface area contributed by atoms with E-state index in [4.69, 9.17) is 9.51 Å². The lowest BCUT2D eigenvalue weighted by molar-refractivity contribution is -0.141. The predicted octanol–water partition coefficient (Wildman–Crippen LogP) is 5.73. The van der Waals surface area contributed by atoms with Gasteiger partial charge in [0.05, 0.1) is 10.8 Å². The summed E-state index contributed by atoms with van der Waals surface area (Å²) in [6.45, 7) is 6.98. The number of anilines is 1. The predicted molar refractivity (Wildman–Crippen MR) is 124 cm³/mol. The van der Waals surface area contributed by atoms with Crippen molar-refractivity contribution < 1.29 is 14.4 Å². The van der Waals surface area contributed by atoms with Crippen LogP contribution in [0.1, 0.15) is 55.0 Å². The summed E-state index contributed by atoms with van der Waals surface area (Å²) in [6.07, 6.45) is 3.42. The summed E-state index contributed by atoms with van der Waals surface area (Å²) >= 11 is 1.80. The number of rotatable bonds is 5. The smallest absolute Gasteiger partial charge is 0.306 e. The van der Waals surface area contributed by atoms with Crippen LogP contribution < -0.4 is 5.32 Å². The van der Waals surface area contributed by atoms with E-state index in [2.05, 4.69) is 31.2 Å². The second-order valence-electron chi connectivity index (χ2n) is 10.2. The van der Waals surface area contributed by atoms with E-state index in [1.54, 1.807) is 16.9 Å². The summed E-state index contributed by atoms with van der Waals surface area (Å²) in [4.78, 5) is 18.5. The van der Waals surface area contributed by atoms with Gasteiger partial charge in [-0.25, -0.2) is 0 Å². The Morgan fingerprint density at radius 2 is 2.03 bits per heavy atom. The highest BCUT2D eigenvalue weighted by molar-refractivity contribution is 7.15. The lowest BCUT2D eigenvalue weighted by atomic mass is 9.95. The number of carboxylic acid groups (broad SMARTS) is 1. The van der Waals surface area contributed by atoms with Crippen LogP contribution in [0.25, 0.3) is 22.2 Å². The molecule has 0 aliphatic heterocycles. The molecule has 0 bridgehead atoms. The van der Waals surface area contributed by atoms with Crippen molar-refractivity contribution in [1.29, 1.82) is 0 Å². The zero-order valence-electron chi connectivity index (χ0n) is 18.5. The topological polar surface area (TPSA) is 88.2 Å². The van der Waals surface area contributed by atoms with Gasteiger partial charge >= 0.3 is 5.97 Å². The van der Waals surface area contributed by atoms with Gasteiger partial charge in [0.1, 0.15) is 0 Å². The normalized spacial score (nSPS) is 27.2. The van der Waals surface area contributed by atoms with Crippen molar-refractivity contribution in [3.05, 3.63) is 40.3 Å². The van der Waals surface area contributed by atoms with Crippen LogP contribution in [0.4, 0.5) is 5.69 Å². The number of nitrogens with zero attached hydrogens (tertiary/aromatic N) is 2. The first-order chi connectivity index (χ1) is 15.3. The number of aromatic nitrogens is 2. The van der Waals surface area contributed by atoms with Crippen LogP contribution in [-0.2, 0) is 11.2 Å². The van der Waals surface area contributed by atoms with Crippen molar-refractivity contribution in [2.45, 2.75) is 58.4 Å². The second-order valence-corrected chi connectivity index (χ2v) is 11.4. The van der Waals surface area contributed by atoms with E-state index in [1.807, 2.05) is 24.3 Å². The summed E-state index contributed by atoms with van der Waals surface area (Å²) in [5.74, 6) is 1.75. The highest BCUT2D eigenvalue weighted by Gasteiger charge is 2.63. The third-order valence-corrected chi connectivity index (χ3v) is 9.09. The molecule has 0 saturated heterocycles. The maximum Gasteiger partial charge on any atom is 0.306 e. The van der Waals surface area contributed by atoms with Gasteiger partial charge in [0, 0.05) is 22.2 Å². The first kappa shape index (κ1) is 20.0. The second kappa shape index (κ2) is 6.91. The number of carboxylic acids is 1. The molecule has 2 N–H and O–H groups in total. The van der Waals surface area contributed by atoms with Gasteiger partial charge in [-0.2, -0.15) is 4.98 Å². The Morgan fingerprint density at radius 3 is 2.75 bits per heavy atom. The average Bonchev–Trinajstić information content (AvgIpc) is 3.38. The van der Waals surface area contributed by atoms with Gasteiger partial charge in [-0.15, -0.1) is 11.3 Å². The van der Waals surface area contributed by atoms with Gasteiger partial charge in [0.25, 0.3) is 5.89 Å². The molecule has 1 aromatic carbocycles. The maximum atomic E-state index is 11.2. The van der Waals surface area contributed by atoms with Crippen LogP contribution in [0.2, 0.25) is 0 Å². The van der Waals surface area contributed by atoms with E-state index >= 15 is 0 Å². The molecule has 4 atom stereocenters. The van der Waals surface area contributed by atoms with Crippen molar-refractivity contribution in [3.8, 4) is 22.2 Å². The van der Waals surface area contributed by atoms with Crippen molar-refractivity contribution in [2.75, 3.05) is 5.32 Å². The number of fused-ring (bicyclic) bond motifs is 3. The SMILES string of the molecule is Cc1sc(-c2noc(-c3ccc(NC4CC[C@H](C(=O)O)C4)cc3)n2)c2c1[C@H]1[C@@H](C2)C1(C)C. The molecule has 2 saturated carbocycles. The van der Waals surface area contributed by atoms with Crippen molar-refractivity contribution >= 4 is 23.0 Å². The standard InChI is InChI=1S/C25H27N3O3S/c1-12-19-17(11-18-20(19)25(18,2)3)21(32-12)22-27-23(31-28-22)13-4-7-15(8-5-13)26-16-9-6-14(10-16)24(29)30/h4-5,7-8,14,16,18,20,26H,6,9-11H2,1-3H3,(H,29,30)/t14-,16?,18+,20+/m0/s1. The fourth-order valence-electron chi connectivity index (χ4n) is 6.03. The summed E-state index contributed by atoms with van der Waals surface area (Å²) in [5.41, 5.74) is 5.28. The molecule has 0 radical (unpaired) electrons. The number of aryl methyl sites for hydroxylation is 1. The van der Waals surface area contributed by atoms with E-state index in [-0.39, 0.29) is 12.0 Å². The molecule has 2 heterocycles. The molecular weight excluding hydrogens is 422 g/mol. The van der Waals surface area contributed by atoms with Crippen LogP contribution in [0.3, 0.4) is 0 Å². The molecule has 1 unspecified atom stereocenters. The fourth-order valence-corrected chi connectivity index (χ4v) is 7.18. The van der Waals surface area contributed by atoms with Crippen molar-refractivity contribution in [3.63, 3.8) is 0 Å². The lowest BCUT2D eigenvalue weighted by Gasteiger charge is -2.14. The first-order valence-electron chi connectivity index (χ1n) is 11.4. The number of hydrogen-bond acceptors (Lipinski definition) is 6. The van der Waals surface area contributed by atoms with Gasteiger partial charge in [0.15, 0.2) is 0 Å². The zero-order valence-corrected chi connectivity index (χ0v) is 19.3. The number of carbonyl (C=O) groups is 1. The Morgan fingerprint density at radius 1 is 1.25 bits per heavy atom. The van der Waals surface area contributed by atoms with E-state index in [1.165, 1.54) is 15.3 Å². The summed E-state index contributed by atoms with van der Waals surface area (Å²) in [6, 6.07) is 8.15. The maximum absolute atomic E-state index is 11.2. The highest BCUT2D eigenvalue weighted by Crippen LogP contribution is 2.72. The lowest BCUT2D eigenvalue weighted by Crippen LogP contribution is -2.17. The van der Waals surface area contributed by atoms with Crippen LogP contribution in [-0.4, -0.2) is 27.3 Å². The molecule has 0 amide bonds. The summed E-state index contributed by atoms with van der Waals surface area (Å²) in [5, 5.41) is 17.0. The number of aliphatic carboxylic acids is 1.